The highest BCUT2D eigenvalue weighted by atomic mass is 79.9. The Morgan fingerprint density at radius 1 is 1.35 bits per heavy atom. The van der Waals surface area contributed by atoms with E-state index in [1.807, 2.05) is 38.1 Å². The van der Waals surface area contributed by atoms with Crippen LogP contribution in [0.25, 0.3) is 0 Å². The number of benzene rings is 1. The number of esters is 1. The maximum Gasteiger partial charge on any atom is 0.340 e. The van der Waals surface area contributed by atoms with Crippen molar-refractivity contribution in [2.24, 2.45) is 0 Å². The van der Waals surface area contributed by atoms with E-state index >= 15 is 0 Å². The standard InChI is InChI=1S/C16H17BrN2O2S2/c1-4-11-8-12(15(20)21-3)14(23-11)19-16(22)18-10-5-6-13(17)9(2)7-10/h5-8H,4H2,1-3H3,(H2,18,19,22). The van der Waals surface area contributed by atoms with Crippen LogP contribution in [0.4, 0.5) is 10.7 Å². The number of thiophene rings is 1. The molecule has 1 aromatic heterocycles. The molecule has 0 radical (unpaired) electrons. The Labute approximate surface area is 153 Å². The van der Waals surface area contributed by atoms with Crippen molar-refractivity contribution in [3.8, 4) is 0 Å². The Balaban J connectivity index is 2.14. The summed E-state index contributed by atoms with van der Waals surface area (Å²) >= 11 is 10.3. The molecule has 0 saturated heterocycles. The van der Waals surface area contributed by atoms with Crippen LogP contribution in [0.5, 0.6) is 0 Å². The zero-order valence-electron chi connectivity index (χ0n) is 13.0. The van der Waals surface area contributed by atoms with Gasteiger partial charge in [0.2, 0.25) is 0 Å². The van der Waals surface area contributed by atoms with E-state index in [0.29, 0.717) is 15.7 Å². The van der Waals surface area contributed by atoms with Crippen molar-refractivity contribution in [2.45, 2.75) is 20.3 Å². The van der Waals surface area contributed by atoms with Crippen LogP contribution in [0.15, 0.2) is 28.7 Å². The molecule has 2 aromatic rings. The van der Waals surface area contributed by atoms with Crippen LogP contribution < -0.4 is 10.6 Å². The van der Waals surface area contributed by atoms with E-state index in [4.69, 9.17) is 17.0 Å². The van der Waals surface area contributed by atoms with Crippen molar-refractivity contribution >= 4 is 61.3 Å². The summed E-state index contributed by atoms with van der Waals surface area (Å²) in [5.74, 6) is -0.370. The van der Waals surface area contributed by atoms with E-state index < -0.39 is 0 Å². The molecule has 122 valence electrons. The van der Waals surface area contributed by atoms with Gasteiger partial charge >= 0.3 is 5.97 Å². The second kappa shape index (κ2) is 7.90. The number of thiocarbonyl (C=S) groups is 1. The summed E-state index contributed by atoms with van der Waals surface area (Å²) in [5.41, 5.74) is 2.50. The number of aryl methyl sites for hydroxylation is 2. The van der Waals surface area contributed by atoms with Crippen LogP contribution in [0.3, 0.4) is 0 Å². The van der Waals surface area contributed by atoms with Crippen molar-refractivity contribution < 1.29 is 9.53 Å². The maximum atomic E-state index is 11.9. The van der Waals surface area contributed by atoms with Crippen LogP contribution in [-0.4, -0.2) is 18.2 Å². The van der Waals surface area contributed by atoms with E-state index in [1.54, 1.807) is 0 Å². The molecule has 1 aromatic carbocycles. The summed E-state index contributed by atoms with van der Waals surface area (Å²) in [4.78, 5) is 13.0. The summed E-state index contributed by atoms with van der Waals surface area (Å²) in [6.45, 7) is 4.05. The van der Waals surface area contributed by atoms with Crippen LogP contribution in [0, 0.1) is 6.92 Å². The Morgan fingerprint density at radius 2 is 2.09 bits per heavy atom. The number of rotatable bonds is 4. The fraction of sp³-hybridized carbons (Fsp3) is 0.250. The Hall–Kier alpha value is -1.44. The van der Waals surface area contributed by atoms with Crippen molar-refractivity contribution in [1.29, 1.82) is 0 Å². The third-order valence-electron chi connectivity index (χ3n) is 3.18. The van der Waals surface area contributed by atoms with Gasteiger partial charge < -0.3 is 15.4 Å². The van der Waals surface area contributed by atoms with Gasteiger partial charge in [0.05, 0.1) is 12.7 Å². The lowest BCUT2D eigenvalue weighted by Crippen LogP contribution is -2.20. The molecular weight excluding hydrogens is 396 g/mol. The SMILES string of the molecule is CCc1cc(C(=O)OC)c(NC(=S)Nc2ccc(Br)c(C)c2)s1. The van der Waals surface area contributed by atoms with Crippen molar-refractivity contribution in [3.63, 3.8) is 0 Å². The van der Waals surface area contributed by atoms with Crippen molar-refractivity contribution in [1.82, 2.24) is 0 Å². The molecule has 2 rings (SSSR count). The van der Waals surface area contributed by atoms with Crippen LogP contribution in [0.1, 0.15) is 27.7 Å². The van der Waals surface area contributed by atoms with E-state index in [9.17, 15) is 4.79 Å². The summed E-state index contributed by atoms with van der Waals surface area (Å²) in [5, 5.41) is 7.34. The van der Waals surface area contributed by atoms with Gasteiger partial charge in [-0.3, -0.25) is 0 Å². The molecule has 0 spiro atoms. The lowest BCUT2D eigenvalue weighted by atomic mass is 10.2. The van der Waals surface area contributed by atoms with Crippen LogP contribution in [0.2, 0.25) is 0 Å². The quantitative estimate of drug-likeness (QED) is 0.547. The van der Waals surface area contributed by atoms with Gasteiger partial charge in [-0.25, -0.2) is 4.79 Å². The number of ether oxygens (including phenoxy) is 1. The molecular formula is C16H17BrN2O2S2. The fourth-order valence-electron chi connectivity index (χ4n) is 1.96. The lowest BCUT2D eigenvalue weighted by molar-refractivity contribution is 0.0602. The predicted octanol–water partition coefficient (Wildman–Crippen LogP) is 4.98. The first-order chi connectivity index (χ1) is 10.9. The second-order valence-corrected chi connectivity index (χ2v) is 7.24. The van der Waals surface area contributed by atoms with E-state index in [1.165, 1.54) is 18.4 Å². The molecule has 23 heavy (non-hydrogen) atoms. The zero-order valence-corrected chi connectivity index (χ0v) is 16.2. The molecule has 0 unspecified atom stereocenters. The first kappa shape index (κ1) is 17.9. The Kier molecular flexibility index (Phi) is 6.15. The summed E-state index contributed by atoms with van der Waals surface area (Å²) in [7, 11) is 1.37. The van der Waals surface area contributed by atoms with E-state index in [2.05, 4.69) is 26.6 Å². The first-order valence-electron chi connectivity index (χ1n) is 6.99. The highest BCUT2D eigenvalue weighted by Crippen LogP contribution is 2.29. The minimum Gasteiger partial charge on any atom is -0.465 e. The molecule has 1 heterocycles. The number of methoxy groups -OCH3 is 1. The predicted molar refractivity (Wildman–Crippen MR) is 104 cm³/mol. The largest absolute Gasteiger partial charge is 0.465 e. The van der Waals surface area contributed by atoms with Gasteiger partial charge in [-0.2, -0.15) is 0 Å². The first-order valence-corrected chi connectivity index (χ1v) is 9.01. The van der Waals surface area contributed by atoms with Crippen LogP contribution >= 0.6 is 39.5 Å². The average molecular weight is 413 g/mol. The third kappa shape index (κ3) is 4.53. The molecule has 0 saturated carbocycles. The molecule has 0 fully saturated rings. The number of nitrogens with one attached hydrogen (secondary N) is 2. The number of carbonyl (C=O) groups is 1. The molecule has 0 amide bonds. The van der Waals surface area contributed by atoms with Gasteiger partial charge in [0, 0.05) is 15.0 Å². The molecule has 0 aliphatic rings. The Morgan fingerprint density at radius 3 is 2.70 bits per heavy atom. The monoisotopic (exact) mass is 412 g/mol. The van der Waals surface area contributed by atoms with Crippen LogP contribution in [-0.2, 0) is 11.2 Å². The minimum atomic E-state index is -0.370. The third-order valence-corrected chi connectivity index (χ3v) is 5.47. The molecule has 0 aliphatic carbocycles. The number of anilines is 2. The minimum absolute atomic E-state index is 0.370. The summed E-state index contributed by atoms with van der Waals surface area (Å²) < 4.78 is 5.86. The Bertz CT molecular complexity index is 744. The number of hydrogen-bond donors (Lipinski definition) is 2. The normalized spacial score (nSPS) is 10.3. The maximum absolute atomic E-state index is 11.9. The molecule has 4 nitrogen and oxygen atoms in total. The lowest BCUT2D eigenvalue weighted by Gasteiger charge is -2.11. The smallest absolute Gasteiger partial charge is 0.340 e. The van der Waals surface area contributed by atoms with Gasteiger partial charge in [0.15, 0.2) is 5.11 Å². The van der Waals surface area contributed by atoms with Crippen molar-refractivity contribution in [3.05, 3.63) is 44.7 Å². The fourth-order valence-corrected chi connectivity index (χ4v) is 3.48. The van der Waals surface area contributed by atoms with Crippen molar-refractivity contribution in [2.75, 3.05) is 17.7 Å². The van der Waals surface area contributed by atoms with E-state index in [-0.39, 0.29) is 5.97 Å². The molecule has 0 atom stereocenters. The molecule has 0 bridgehead atoms. The molecule has 2 N–H and O–H groups in total. The van der Waals surface area contributed by atoms with Gasteiger partial charge in [-0.05, 0) is 55.4 Å². The van der Waals surface area contributed by atoms with Gasteiger partial charge in [0.25, 0.3) is 0 Å². The zero-order chi connectivity index (χ0) is 17.0. The van der Waals surface area contributed by atoms with Gasteiger partial charge in [-0.15, -0.1) is 11.3 Å². The summed E-state index contributed by atoms with van der Waals surface area (Å²) in [6, 6.07) is 7.72. The van der Waals surface area contributed by atoms with E-state index in [0.717, 1.165) is 27.0 Å². The van der Waals surface area contributed by atoms with Gasteiger partial charge in [0.1, 0.15) is 5.00 Å². The highest BCUT2D eigenvalue weighted by molar-refractivity contribution is 9.10. The highest BCUT2D eigenvalue weighted by Gasteiger charge is 2.17. The summed E-state index contributed by atoms with van der Waals surface area (Å²) in [6.07, 6.45) is 0.850. The number of halogens is 1. The molecule has 7 heteroatoms. The topological polar surface area (TPSA) is 50.4 Å². The van der Waals surface area contributed by atoms with Gasteiger partial charge in [-0.1, -0.05) is 22.9 Å². The number of carbonyl (C=O) groups excluding carboxylic acids is 1. The molecule has 0 aliphatic heterocycles. The average Bonchev–Trinajstić information content (AvgIpc) is 2.93. The number of hydrogen-bond acceptors (Lipinski definition) is 4. The second-order valence-electron chi connectivity index (χ2n) is 4.84.